The smallest absolute Gasteiger partial charge is 0.268 e. The number of benzene rings is 1. The predicted molar refractivity (Wildman–Crippen MR) is 111 cm³/mol. The number of hydrogen-bond donors (Lipinski definition) is 1. The number of aryl methyl sites for hydroxylation is 3. The predicted octanol–water partition coefficient (Wildman–Crippen LogP) is 4.36. The lowest BCUT2D eigenvalue weighted by Crippen LogP contribution is -2.13. The maximum Gasteiger partial charge on any atom is 0.268 e. The van der Waals surface area contributed by atoms with E-state index in [1.165, 1.54) is 16.9 Å². The van der Waals surface area contributed by atoms with Crippen LogP contribution in [0, 0.1) is 32.1 Å². The summed E-state index contributed by atoms with van der Waals surface area (Å²) in [5.74, 6) is -0.490. The van der Waals surface area contributed by atoms with Gasteiger partial charge in [-0.25, -0.2) is 0 Å². The number of carbonyl (C=O) groups excluding carboxylic acids is 1. The van der Waals surface area contributed by atoms with Crippen LogP contribution < -0.4 is 5.32 Å². The molecule has 0 fully saturated rings. The number of anilines is 1. The van der Waals surface area contributed by atoms with Gasteiger partial charge in [0.05, 0.1) is 0 Å². The number of aromatic nitrogens is 3. The van der Waals surface area contributed by atoms with Crippen LogP contribution in [0.4, 0.5) is 5.13 Å². The minimum atomic E-state index is -0.490. The fourth-order valence-electron chi connectivity index (χ4n) is 3.03. The van der Waals surface area contributed by atoms with E-state index in [4.69, 9.17) is 0 Å². The lowest BCUT2D eigenvalue weighted by atomic mass is 10.1. The van der Waals surface area contributed by atoms with E-state index < -0.39 is 5.91 Å². The van der Waals surface area contributed by atoms with Crippen LogP contribution in [0.1, 0.15) is 34.4 Å². The van der Waals surface area contributed by atoms with Crippen LogP contribution >= 0.6 is 11.3 Å². The third-order valence-electron chi connectivity index (χ3n) is 4.48. The van der Waals surface area contributed by atoms with Crippen LogP contribution in [0.2, 0.25) is 0 Å². The minimum absolute atomic E-state index is 0.0226. The fraction of sp³-hybridized carbons (Fsp3) is 0.238. The highest BCUT2D eigenvalue weighted by Crippen LogP contribution is 2.24. The highest BCUT2D eigenvalue weighted by atomic mass is 32.1. The Balaban J connectivity index is 1.91. The zero-order chi connectivity index (χ0) is 20.3. The van der Waals surface area contributed by atoms with Crippen molar-refractivity contribution in [2.45, 2.75) is 34.1 Å². The largest absolute Gasteiger partial charge is 0.318 e. The molecule has 0 radical (unpaired) electrons. The van der Waals surface area contributed by atoms with Crippen molar-refractivity contribution in [3.05, 3.63) is 63.4 Å². The molecule has 0 saturated heterocycles. The van der Waals surface area contributed by atoms with Gasteiger partial charge in [0.25, 0.3) is 5.91 Å². The Bertz CT molecular complexity index is 1080. The summed E-state index contributed by atoms with van der Waals surface area (Å²) in [4.78, 5) is 12.4. The lowest BCUT2D eigenvalue weighted by molar-refractivity contribution is -0.112. The highest BCUT2D eigenvalue weighted by Gasteiger charge is 2.15. The Morgan fingerprint density at radius 2 is 1.96 bits per heavy atom. The molecule has 28 heavy (non-hydrogen) atoms. The second kappa shape index (κ2) is 8.19. The van der Waals surface area contributed by atoms with E-state index in [-0.39, 0.29) is 5.57 Å². The van der Waals surface area contributed by atoms with Crippen molar-refractivity contribution < 1.29 is 4.79 Å². The van der Waals surface area contributed by atoms with E-state index in [9.17, 15) is 10.1 Å². The average molecular weight is 392 g/mol. The normalized spacial score (nSPS) is 11.3. The van der Waals surface area contributed by atoms with Crippen LogP contribution in [0.5, 0.6) is 0 Å². The van der Waals surface area contributed by atoms with Gasteiger partial charge in [-0.3, -0.25) is 10.1 Å². The molecule has 0 spiro atoms. The van der Waals surface area contributed by atoms with Crippen LogP contribution in [0.25, 0.3) is 11.8 Å². The zero-order valence-electron chi connectivity index (χ0n) is 16.3. The zero-order valence-corrected chi connectivity index (χ0v) is 17.1. The number of rotatable bonds is 5. The SMILES string of the molecule is CCc1ccc(-n2c(C)cc(/C=C(/C#N)C(=O)Nc3nnc(C)s3)c2C)cc1. The average Bonchev–Trinajstić information content (AvgIpc) is 3.21. The molecule has 0 aliphatic carbocycles. The van der Waals surface area contributed by atoms with Gasteiger partial charge in [0.1, 0.15) is 16.6 Å². The summed E-state index contributed by atoms with van der Waals surface area (Å²) in [5.41, 5.74) is 5.19. The maximum absolute atomic E-state index is 12.4. The van der Waals surface area contributed by atoms with E-state index in [0.717, 1.165) is 34.1 Å². The van der Waals surface area contributed by atoms with Crippen molar-refractivity contribution in [3.8, 4) is 11.8 Å². The minimum Gasteiger partial charge on any atom is -0.318 e. The molecular weight excluding hydrogens is 370 g/mol. The molecule has 0 aliphatic heterocycles. The molecule has 0 atom stereocenters. The number of hydrogen-bond acceptors (Lipinski definition) is 5. The molecule has 3 rings (SSSR count). The summed E-state index contributed by atoms with van der Waals surface area (Å²) in [5, 5.41) is 20.9. The number of carbonyl (C=O) groups is 1. The van der Waals surface area contributed by atoms with Crippen molar-refractivity contribution in [1.82, 2.24) is 14.8 Å². The van der Waals surface area contributed by atoms with Gasteiger partial charge in [-0.05, 0) is 62.6 Å². The van der Waals surface area contributed by atoms with Gasteiger partial charge in [0.15, 0.2) is 0 Å². The summed E-state index contributed by atoms with van der Waals surface area (Å²) in [6.07, 6.45) is 2.61. The van der Waals surface area contributed by atoms with E-state index >= 15 is 0 Å². The van der Waals surface area contributed by atoms with E-state index in [2.05, 4.69) is 51.3 Å². The molecule has 2 heterocycles. The number of nitrogens with one attached hydrogen (secondary N) is 1. The van der Waals surface area contributed by atoms with E-state index in [1.54, 1.807) is 13.0 Å². The van der Waals surface area contributed by atoms with Gasteiger partial charge in [-0.15, -0.1) is 10.2 Å². The van der Waals surface area contributed by atoms with Crippen molar-refractivity contribution in [2.24, 2.45) is 0 Å². The summed E-state index contributed by atoms with van der Waals surface area (Å²) in [6, 6.07) is 12.4. The molecule has 0 unspecified atom stereocenters. The number of nitriles is 1. The van der Waals surface area contributed by atoms with Crippen molar-refractivity contribution in [3.63, 3.8) is 0 Å². The van der Waals surface area contributed by atoms with E-state index in [0.29, 0.717) is 5.13 Å². The molecule has 1 N–H and O–H groups in total. The van der Waals surface area contributed by atoms with Crippen molar-refractivity contribution in [2.75, 3.05) is 5.32 Å². The standard InChI is InChI=1S/C21H21N5OS/c1-5-16-6-8-19(9-7-16)26-13(2)10-17(14(26)3)11-18(12-22)20(27)23-21-25-24-15(4)28-21/h6-11H,5H2,1-4H3,(H,23,25,27)/b18-11-. The highest BCUT2D eigenvalue weighted by molar-refractivity contribution is 7.15. The van der Waals surface area contributed by atoms with Crippen LogP contribution in [0.3, 0.4) is 0 Å². The van der Waals surface area contributed by atoms with Crippen molar-refractivity contribution in [1.29, 1.82) is 5.26 Å². The Morgan fingerprint density at radius 1 is 1.25 bits per heavy atom. The Labute approximate surface area is 168 Å². The molecule has 1 aromatic carbocycles. The summed E-state index contributed by atoms with van der Waals surface area (Å²) < 4.78 is 2.12. The maximum atomic E-state index is 12.4. The Morgan fingerprint density at radius 3 is 2.54 bits per heavy atom. The van der Waals surface area contributed by atoms with Gasteiger partial charge in [-0.2, -0.15) is 5.26 Å². The first-order chi connectivity index (χ1) is 13.4. The van der Waals surface area contributed by atoms with Crippen LogP contribution in [-0.2, 0) is 11.2 Å². The Hall–Kier alpha value is -3.24. The number of amides is 1. The van der Waals surface area contributed by atoms with Gasteiger partial charge in [0.2, 0.25) is 5.13 Å². The van der Waals surface area contributed by atoms with E-state index in [1.807, 2.05) is 26.0 Å². The first-order valence-corrected chi connectivity index (χ1v) is 9.76. The fourth-order valence-corrected chi connectivity index (χ4v) is 3.61. The Kier molecular flexibility index (Phi) is 5.71. The molecule has 0 bridgehead atoms. The van der Waals surface area contributed by atoms with Gasteiger partial charge in [0, 0.05) is 17.1 Å². The second-order valence-electron chi connectivity index (χ2n) is 6.43. The molecule has 0 aliphatic rings. The number of nitrogens with zero attached hydrogens (tertiary/aromatic N) is 4. The van der Waals surface area contributed by atoms with Gasteiger partial charge < -0.3 is 4.57 Å². The first-order valence-electron chi connectivity index (χ1n) is 8.94. The molecule has 142 valence electrons. The molecule has 3 aromatic rings. The third-order valence-corrected chi connectivity index (χ3v) is 5.24. The monoisotopic (exact) mass is 391 g/mol. The topological polar surface area (TPSA) is 83.6 Å². The lowest BCUT2D eigenvalue weighted by Gasteiger charge is -2.10. The summed E-state index contributed by atoms with van der Waals surface area (Å²) in [6.45, 7) is 7.92. The molecule has 2 aromatic heterocycles. The molecular formula is C21H21N5OS. The van der Waals surface area contributed by atoms with Crippen LogP contribution in [-0.4, -0.2) is 20.7 Å². The van der Waals surface area contributed by atoms with Gasteiger partial charge in [-0.1, -0.05) is 30.4 Å². The molecule has 1 amide bonds. The molecule has 7 heteroatoms. The van der Waals surface area contributed by atoms with Crippen LogP contribution in [0.15, 0.2) is 35.9 Å². The third kappa shape index (κ3) is 4.02. The molecule has 6 nitrogen and oxygen atoms in total. The summed E-state index contributed by atoms with van der Waals surface area (Å²) >= 11 is 1.27. The van der Waals surface area contributed by atoms with Gasteiger partial charge >= 0.3 is 0 Å². The quantitative estimate of drug-likeness (QED) is 0.517. The van der Waals surface area contributed by atoms with Crippen molar-refractivity contribution >= 4 is 28.5 Å². The second-order valence-corrected chi connectivity index (χ2v) is 7.61. The first kappa shape index (κ1) is 19.5. The summed E-state index contributed by atoms with van der Waals surface area (Å²) in [7, 11) is 0. The molecule has 0 saturated carbocycles.